The van der Waals surface area contributed by atoms with E-state index in [1.807, 2.05) is 6.20 Å². The molecule has 0 aliphatic carbocycles. The van der Waals surface area contributed by atoms with Crippen molar-refractivity contribution < 1.29 is 5.11 Å². The van der Waals surface area contributed by atoms with Crippen LogP contribution in [-0.4, -0.2) is 57.3 Å². The van der Waals surface area contributed by atoms with Gasteiger partial charge in [0.05, 0.1) is 5.69 Å². The summed E-state index contributed by atoms with van der Waals surface area (Å²) in [5, 5.41) is 20.6. The number of rotatable bonds is 8. The highest BCUT2D eigenvalue weighted by Gasteiger charge is 2.18. The number of piperidine rings is 1. The highest BCUT2D eigenvalue weighted by Crippen LogP contribution is 2.11. The summed E-state index contributed by atoms with van der Waals surface area (Å²) in [6, 6.07) is 0.602. The summed E-state index contributed by atoms with van der Waals surface area (Å²) in [5.41, 5.74) is 0.985. The molecule has 0 saturated carbocycles. The Kier molecular flexibility index (Phi) is 6.42. The lowest BCUT2D eigenvalue weighted by molar-refractivity contribution is 0.197. The molecule has 2 N–H and O–H groups in total. The highest BCUT2D eigenvalue weighted by molar-refractivity contribution is 4.92. The van der Waals surface area contributed by atoms with Gasteiger partial charge in [0.25, 0.3) is 0 Å². The second kappa shape index (κ2) is 8.34. The van der Waals surface area contributed by atoms with Crippen LogP contribution >= 0.6 is 0 Å². The third kappa shape index (κ3) is 4.85. The van der Waals surface area contributed by atoms with Crippen LogP contribution in [0.4, 0.5) is 0 Å². The summed E-state index contributed by atoms with van der Waals surface area (Å²) >= 11 is 0. The van der Waals surface area contributed by atoms with Gasteiger partial charge >= 0.3 is 0 Å². The first kappa shape index (κ1) is 15.4. The van der Waals surface area contributed by atoms with Gasteiger partial charge in [-0.15, -0.1) is 5.10 Å². The molecule has 2 heterocycles. The van der Waals surface area contributed by atoms with Crippen LogP contribution in [0, 0.1) is 0 Å². The van der Waals surface area contributed by atoms with Crippen molar-refractivity contribution in [1.82, 2.24) is 25.2 Å². The summed E-state index contributed by atoms with van der Waals surface area (Å²) in [4.78, 5) is 2.54. The van der Waals surface area contributed by atoms with E-state index in [0.29, 0.717) is 6.04 Å². The molecule has 0 atom stereocenters. The quantitative estimate of drug-likeness (QED) is 0.731. The van der Waals surface area contributed by atoms with Gasteiger partial charge in [0, 0.05) is 31.9 Å². The minimum absolute atomic E-state index is 0.198. The van der Waals surface area contributed by atoms with Gasteiger partial charge in [-0.05, 0) is 45.3 Å². The zero-order chi connectivity index (χ0) is 14.2. The number of hydrogen-bond acceptors (Lipinski definition) is 5. The fourth-order valence-electron chi connectivity index (χ4n) is 2.69. The normalized spacial score (nSPS) is 17.7. The smallest absolute Gasteiger partial charge is 0.0964 e. The first-order chi connectivity index (χ1) is 9.81. The van der Waals surface area contributed by atoms with Gasteiger partial charge in [-0.2, -0.15) is 0 Å². The van der Waals surface area contributed by atoms with E-state index in [1.165, 1.54) is 38.9 Å². The van der Waals surface area contributed by atoms with Crippen molar-refractivity contribution in [3.05, 3.63) is 11.9 Å². The van der Waals surface area contributed by atoms with Gasteiger partial charge in [0.15, 0.2) is 0 Å². The molecule has 0 spiro atoms. The largest absolute Gasteiger partial charge is 0.396 e. The molecule has 0 bridgehead atoms. The molecule has 0 unspecified atom stereocenters. The molecule has 1 saturated heterocycles. The molecule has 2 rings (SSSR count). The molecule has 1 aliphatic heterocycles. The van der Waals surface area contributed by atoms with Gasteiger partial charge in [0.2, 0.25) is 0 Å². The number of hydrogen-bond donors (Lipinski definition) is 2. The predicted molar refractivity (Wildman–Crippen MR) is 78.3 cm³/mol. The Bertz CT molecular complexity index is 373. The van der Waals surface area contributed by atoms with Crippen LogP contribution in [0.3, 0.4) is 0 Å². The lowest BCUT2D eigenvalue weighted by atomic mass is 10.0. The molecule has 6 heteroatoms. The minimum atomic E-state index is 0.198. The van der Waals surface area contributed by atoms with Crippen LogP contribution in [0.5, 0.6) is 0 Å². The molecular formula is C14H27N5O. The first-order valence-electron chi connectivity index (χ1n) is 7.77. The second-order valence-electron chi connectivity index (χ2n) is 5.55. The molecule has 0 radical (unpaired) electrons. The molecule has 1 aromatic heterocycles. The molecule has 6 nitrogen and oxygen atoms in total. The zero-order valence-corrected chi connectivity index (χ0v) is 12.5. The van der Waals surface area contributed by atoms with Gasteiger partial charge in [-0.1, -0.05) is 12.1 Å². The average molecular weight is 281 g/mol. The van der Waals surface area contributed by atoms with Crippen LogP contribution in [0.25, 0.3) is 0 Å². The molecule has 114 valence electrons. The fourth-order valence-corrected chi connectivity index (χ4v) is 2.69. The van der Waals surface area contributed by atoms with E-state index in [-0.39, 0.29) is 6.61 Å². The van der Waals surface area contributed by atoms with Crippen LogP contribution < -0.4 is 5.32 Å². The summed E-state index contributed by atoms with van der Waals surface area (Å²) in [5.74, 6) is 0. The molecule has 1 aromatic rings. The summed E-state index contributed by atoms with van der Waals surface area (Å²) in [6.45, 7) is 7.60. The van der Waals surface area contributed by atoms with E-state index < -0.39 is 0 Å². The Hall–Kier alpha value is -0.980. The fraction of sp³-hybridized carbons (Fsp3) is 0.857. The Balaban J connectivity index is 1.66. The lowest BCUT2D eigenvalue weighted by Crippen LogP contribution is -2.42. The minimum Gasteiger partial charge on any atom is -0.396 e. The van der Waals surface area contributed by atoms with E-state index >= 15 is 0 Å². The van der Waals surface area contributed by atoms with Crippen molar-refractivity contribution in [2.45, 2.75) is 51.7 Å². The monoisotopic (exact) mass is 281 g/mol. The predicted octanol–water partition coefficient (Wildman–Crippen LogP) is 0.625. The topological polar surface area (TPSA) is 66.2 Å². The van der Waals surface area contributed by atoms with Crippen LogP contribution in [0.1, 0.15) is 38.3 Å². The number of aryl methyl sites for hydroxylation is 1. The Labute approximate surface area is 121 Å². The summed E-state index contributed by atoms with van der Waals surface area (Å²) in [6.07, 6.45) is 6.38. The molecular weight excluding hydrogens is 254 g/mol. The molecule has 1 aliphatic rings. The van der Waals surface area contributed by atoms with Crippen LogP contribution in [0.15, 0.2) is 6.20 Å². The third-order valence-electron chi connectivity index (χ3n) is 3.83. The molecule has 0 aromatic carbocycles. The number of nitrogens with zero attached hydrogens (tertiary/aromatic N) is 4. The van der Waals surface area contributed by atoms with Crippen molar-refractivity contribution >= 4 is 0 Å². The van der Waals surface area contributed by atoms with Gasteiger partial charge in [-0.25, -0.2) is 0 Å². The zero-order valence-electron chi connectivity index (χ0n) is 12.5. The lowest BCUT2D eigenvalue weighted by Gasteiger charge is -2.32. The third-order valence-corrected chi connectivity index (χ3v) is 3.83. The van der Waals surface area contributed by atoms with E-state index in [0.717, 1.165) is 25.2 Å². The van der Waals surface area contributed by atoms with Crippen LogP contribution in [-0.2, 0) is 13.1 Å². The van der Waals surface area contributed by atoms with E-state index in [2.05, 4.69) is 27.5 Å². The average Bonchev–Trinajstić information content (AvgIpc) is 2.93. The summed E-state index contributed by atoms with van der Waals surface area (Å²) < 4.78 is 1.80. The van der Waals surface area contributed by atoms with Gasteiger partial charge < -0.3 is 15.3 Å². The molecule has 0 amide bonds. The summed E-state index contributed by atoms with van der Waals surface area (Å²) in [7, 11) is 0. The SMILES string of the molecule is CCCN1CCC(NCc2cn(CCCO)nn2)CC1. The van der Waals surface area contributed by atoms with E-state index in [9.17, 15) is 0 Å². The first-order valence-corrected chi connectivity index (χ1v) is 7.77. The number of aliphatic hydroxyl groups is 1. The Morgan fingerprint density at radius 2 is 2.15 bits per heavy atom. The van der Waals surface area contributed by atoms with Crippen molar-refractivity contribution in [3.8, 4) is 0 Å². The highest BCUT2D eigenvalue weighted by atomic mass is 16.3. The van der Waals surface area contributed by atoms with Crippen molar-refractivity contribution in [3.63, 3.8) is 0 Å². The second-order valence-corrected chi connectivity index (χ2v) is 5.55. The number of aliphatic hydroxyl groups excluding tert-OH is 1. The number of aromatic nitrogens is 3. The van der Waals surface area contributed by atoms with E-state index in [4.69, 9.17) is 5.11 Å². The van der Waals surface area contributed by atoms with E-state index in [1.54, 1.807) is 4.68 Å². The number of nitrogens with one attached hydrogen (secondary N) is 1. The van der Waals surface area contributed by atoms with Crippen LogP contribution in [0.2, 0.25) is 0 Å². The maximum Gasteiger partial charge on any atom is 0.0964 e. The molecule has 20 heavy (non-hydrogen) atoms. The van der Waals surface area contributed by atoms with Crippen molar-refractivity contribution in [2.75, 3.05) is 26.2 Å². The number of likely N-dealkylation sites (tertiary alicyclic amines) is 1. The van der Waals surface area contributed by atoms with Gasteiger partial charge in [0.1, 0.15) is 0 Å². The van der Waals surface area contributed by atoms with Gasteiger partial charge in [-0.3, -0.25) is 4.68 Å². The van der Waals surface area contributed by atoms with Crippen molar-refractivity contribution in [2.24, 2.45) is 0 Å². The standard InChI is InChI=1S/C14H27N5O/c1-2-6-18-8-4-13(5-9-18)15-11-14-12-19(17-16-14)7-3-10-20/h12-13,15,20H,2-11H2,1H3. The maximum absolute atomic E-state index is 8.79. The Morgan fingerprint density at radius 3 is 2.85 bits per heavy atom. The maximum atomic E-state index is 8.79. The Morgan fingerprint density at radius 1 is 1.35 bits per heavy atom. The molecule has 1 fully saturated rings. The van der Waals surface area contributed by atoms with Crippen molar-refractivity contribution in [1.29, 1.82) is 0 Å².